The Hall–Kier alpha value is -0.930. The van der Waals surface area contributed by atoms with E-state index in [9.17, 15) is 4.79 Å². The van der Waals surface area contributed by atoms with Crippen molar-refractivity contribution in [3.63, 3.8) is 0 Å². The molecule has 0 spiro atoms. The van der Waals surface area contributed by atoms with E-state index in [4.69, 9.17) is 20.3 Å². The molecule has 0 aromatic heterocycles. The molecule has 1 rings (SSSR count). The number of nitrogens with two attached hydrogens (primary N) is 1. The van der Waals surface area contributed by atoms with Gasteiger partial charge in [0.15, 0.2) is 0 Å². The lowest BCUT2D eigenvalue weighted by molar-refractivity contribution is 0.0516. The van der Waals surface area contributed by atoms with E-state index in [1.54, 1.807) is 45.9 Å². The summed E-state index contributed by atoms with van der Waals surface area (Å²) >= 11 is 0. The van der Waals surface area contributed by atoms with Gasteiger partial charge in [-0.05, 0) is 18.2 Å². The van der Waals surface area contributed by atoms with Crippen molar-refractivity contribution in [3.05, 3.63) is 29.8 Å². The van der Waals surface area contributed by atoms with Gasteiger partial charge in [0, 0.05) is 23.4 Å². The van der Waals surface area contributed by atoms with Crippen LogP contribution in [0.5, 0.6) is 5.75 Å². The number of nitrogens with one attached hydrogen (secondary N) is 1. The number of aliphatic hydroxyl groups is 1. The predicted octanol–water partition coefficient (Wildman–Crippen LogP) is 2.27. The third-order valence-electron chi connectivity index (χ3n) is 2.71. The number of carbonyl (C=O) groups excluding carboxylic acids is 1. The van der Waals surface area contributed by atoms with Gasteiger partial charge in [-0.2, -0.15) is 0 Å². The minimum absolute atomic E-state index is 0.0337. The Bertz CT molecular complexity index is 524. The molecule has 0 aliphatic rings. The third-order valence-corrected chi connectivity index (χ3v) is 6.23. The monoisotopic (exact) mass is 388 g/mol. The summed E-state index contributed by atoms with van der Waals surface area (Å²) in [5.41, 5.74) is 5.70. The first-order chi connectivity index (χ1) is 11.9. The standard InChI is InChI=1S/C17H28N2O4S2/c1-17(2,3)25-24-15(22-10-9-20)12-23-14-6-4-5-13(11-14)16(21)19-8-7-18/h4-6,11,15,20H,7-10,12,18H2,1-3H3,(H,19,21). The molecule has 0 heterocycles. The number of aliphatic hydroxyl groups excluding tert-OH is 1. The average Bonchev–Trinajstić information content (AvgIpc) is 2.58. The van der Waals surface area contributed by atoms with Gasteiger partial charge in [0.1, 0.15) is 17.8 Å². The molecule has 0 fully saturated rings. The van der Waals surface area contributed by atoms with E-state index in [0.717, 1.165) is 0 Å². The number of amides is 1. The van der Waals surface area contributed by atoms with Crippen LogP contribution in [0.3, 0.4) is 0 Å². The molecule has 0 saturated heterocycles. The molecule has 0 aliphatic heterocycles. The Morgan fingerprint density at radius 1 is 1.40 bits per heavy atom. The second-order valence-electron chi connectivity index (χ2n) is 6.20. The lowest BCUT2D eigenvalue weighted by Crippen LogP contribution is -2.29. The summed E-state index contributed by atoms with van der Waals surface area (Å²) in [6.45, 7) is 7.74. The molecule has 0 aliphatic carbocycles. The quantitative estimate of drug-likeness (QED) is 0.395. The van der Waals surface area contributed by atoms with Crippen molar-refractivity contribution >= 4 is 27.5 Å². The maximum atomic E-state index is 12.0. The molecule has 25 heavy (non-hydrogen) atoms. The maximum absolute atomic E-state index is 12.0. The van der Waals surface area contributed by atoms with Crippen LogP contribution < -0.4 is 15.8 Å². The van der Waals surface area contributed by atoms with Gasteiger partial charge < -0.3 is 25.6 Å². The zero-order chi connectivity index (χ0) is 18.7. The number of rotatable bonds is 11. The van der Waals surface area contributed by atoms with Crippen LogP contribution in [-0.4, -0.2) is 54.1 Å². The van der Waals surface area contributed by atoms with E-state index in [1.165, 1.54) is 0 Å². The van der Waals surface area contributed by atoms with Crippen molar-refractivity contribution in [3.8, 4) is 5.75 Å². The van der Waals surface area contributed by atoms with E-state index in [0.29, 0.717) is 31.0 Å². The molecule has 1 unspecified atom stereocenters. The molecule has 4 N–H and O–H groups in total. The highest BCUT2D eigenvalue weighted by Gasteiger charge is 2.18. The summed E-state index contributed by atoms with van der Waals surface area (Å²) in [6.07, 6.45) is 0. The van der Waals surface area contributed by atoms with Crippen LogP contribution in [0.2, 0.25) is 0 Å². The lowest BCUT2D eigenvalue weighted by Gasteiger charge is -2.22. The van der Waals surface area contributed by atoms with Gasteiger partial charge in [-0.15, -0.1) is 0 Å². The van der Waals surface area contributed by atoms with Gasteiger partial charge in [0.05, 0.1) is 13.2 Å². The molecule has 1 amide bonds. The Labute approximate surface area is 157 Å². The molecule has 0 radical (unpaired) electrons. The predicted molar refractivity (Wildman–Crippen MR) is 105 cm³/mol. The molecule has 1 aromatic rings. The van der Waals surface area contributed by atoms with E-state index >= 15 is 0 Å². The van der Waals surface area contributed by atoms with Crippen LogP contribution in [0.1, 0.15) is 31.1 Å². The number of hydrogen-bond acceptors (Lipinski definition) is 7. The molecule has 8 heteroatoms. The SMILES string of the molecule is CC(C)(C)SSC(COc1cccc(C(=O)NCCN)c1)OCCO. The Kier molecular flexibility index (Phi) is 10.3. The summed E-state index contributed by atoms with van der Waals surface area (Å²) in [4.78, 5) is 12.0. The average molecular weight is 389 g/mol. The maximum Gasteiger partial charge on any atom is 0.251 e. The number of benzene rings is 1. The zero-order valence-corrected chi connectivity index (χ0v) is 16.6. The molecular formula is C17H28N2O4S2. The van der Waals surface area contributed by atoms with Gasteiger partial charge >= 0.3 is 0 Å². The Balaban J connectivity index is 2.60. The fourth-order valence-electron chi connectivity index (χ4n) is 1.66. The van der Waals surface area contributed by atoms with Gasteiger partial charge in [-0.1, -0.05) is 48.4 Å². The van der Waals surface area contributed by atoms with Crippen LogP contribution in [0.4, 0.5) is 0 Å². The van der Waals surface area contributed by atoms with Crippen molar-refractivity contribution in [2.24, 2.45) is 5.73 Å². The third kappa shape index (κ3) is 9.96. The molecule has 1 aromatic carbocycles. The normalized spacial score (nSPS) is 12.7. The molecule has 0 saturated carbocycles. The zero-order valence-electron chi connectivity index (χ0n) is 15.0. The van der Waals surface area contributed by atoms with Crippen molar-refractivity contribution < 1.29 is 19.4 Å². The second kappa shape index (κ2) is 11.6. The van der Waals surface area contributed by atoms with Crippen LogP contribution in [0, 0.1) is 0 Å². The van der Waals surface area contributed by atoms with E-state index < -0.39 is 0 Å². The van der Waals surface area contributed by atoms with Gasteiger partial charge in [0.25, 0.3) is 5.91 Å². The van der Waals surface area contributed by atoms with E-state index in [1.807, 2.05) is 0 Å². The van der Waals surface area contributed by atoms with Gasteiger partial charge in [-0.25, -0.2) is 0 Å². The van der Waals surface area contributed by atoms with Gasteiger partial charge in [0.2, 0.25) is 0 Å². The first kappa shape index (κ1) is 22.1. The minimum atomic E-state index is -0.217. The molecule has 6 nitrogen and oxygen atoms in total. The lowest BCUT2D eigenvalue weighted by atomic mass is 10.2. The highest BCUT2D eigenvalue weighted by molar-refractivity contribution is 8.77. The van der Waals surface area contributed by atoms with Crippen molar-refractivity contribution in [1.82, 2.24) is 5.32 Å². The first-order valence-corrected chi connectivity index (χ1v) is 10.3. The highest BCUT2D eigenvalue weighted by Crippen LogP contribution is 2.38. The van der Waals surface area contributed by atoms with Crippen molar-refractivity contribution in [2.75, 3.05) is 32.9 Å². The fraction of sp³-hybridized carbons (Fsp3) is 0.588. The summed E-state index contributed by atoms with van der Waals surface area (Å²) in [6, 6.07) is 6.98. The molecule has 0 bridgehead atoms. The van der Waals surface area contributed by atoms with Gasteiger partial charge in [-0.3, -0.25) is 4.79 Å². The van der Waals surface area contributed by atoms with Crippen molar-refractivity contribution in [2.45, 2.75) is 31.0 Å². The topological polar surface area (TPSA) is 93.8 Å². The summed E-state index contributed by atoms with van der Waals surface area (Å²) in [5, 5.41) is 11.7. The molecule has 142 valence electrons. The largest absolute Gasteiger partial charge is 0.490 e. The highest BCUT2D eigenvalue weighted by atomic mass is 33.1. The number of carbonyl (C=O) groups is 1. The number of hydrogen-bond donors (Lipinski definition) is 3. The summed E-state index contributed by atoms with van der Waals surface area (Å²) < 4.78 is 11.5. The van der Waals surface area contributed by atoms with Crippen LogP contribution in [-0.2, 0) is 4.74 Å². The summed E-state index contributed by atoms with van der Waals surface area (Å²) in [5.74, 6) is 0.418. The van der Waals surface area contributed by atoms with E-state index in [2.05, 4.69) is 26.1 Å². The Morgan fingerprint density at radius 3 is 2.80 bits per heavy atom. The van der Waals surface area contributed by atoms with Crippen LogP contribution >= 0.6 is 21.6 Å². The fourth-order valence-corrected chi connectivity index (χ4v) is 3.86. The Morgan fingerprint density at radius 2 is 2.16 bits per heavy atom. The second-order valence-corrected chi connectivity index (χ2v) is 9.39. The smallest absolute Gasteiger partial charge is 0.251 e. The first-order valence-electron chi connectivity index (χ1n) is 8.14. The summed E-state index contributed by atoms with van der Waals surface area (Å²) in [7, 11) is 3.27. The molecular weight excluding hydrogens is 360 g/mol. The van der Waals surface area contributed by atoms with Crippen LogP contribution in [0.25, 0.3) is 0 Å². The minimum Gasteiger partial charge on any atom is -0.490 e. The van der Waals surface area contributed by atoms with Crippen LogP contribution in [0.15, 0.2) is 24.3 Å². The van der Waals surface area contributed by atoms with Crippen molar-refractivity contribution in [1.29, 1.82) is 0 Å². The molecule has 1 atom stereocenters. The van der Waals surface area contributed by atoms with E-state index in [-0.39, 0.29) is 29.3 Å². The number of ether oxygens (including phenoxy) is 2.